The van der Waals surface area contributed by atoms with Gasteiger partial charge in [-0.15, -0.1) is 0 Å². The average molecular weight is 394 g/mol. The maximum Gasteiger partial charge on any atom is 0.241 e. The van der Waals surface area contributed by atoms with Gasteiger partial charge in [-0.1, -0.05) is 35.0 Å². The van der Waals surface area contributed by atoms with Gasteiger partial charge in [-0.2, -0.15) is 4.98 Å². The predicted molar refractivity (Wildman–Crippen MR) is 108 cm³/mol. The summed E-state index contributed by atoms with van der Waals surface area (Å²) < 4.78 is 18.7. The fourth-order valence-corrected chi connectivity index (χ4v) is 3.64. The van der Waals surface area contributed by atoms with Crippen LogP contribution in [0.5, 0.6) is 0 Å². The highest BCUT2D eigenvalue weighted by Crippen LogP contribution is 2.22. The minimum atomic E-state index is -0.367. The number of nitrogens with zero attached hydrogens (tertiary/aromatic N) is 3. The van der Waals surface area contributed by atoms with E-state index in [4.69, 9.17) is 4.52 Å². The maximum absolute atomic E-state index is 13.3. The Bertz CT molecular complexity index is 1000. The Hall–Kier alpha value is -3.06. The summed E-state index contributed by atoms with van der Waals surface area (Å²) in [6.45, 7) is 3.99. The lowest BCUT2D eigenvalue weighted by Gasteiger charge is -2.30. The largest absolute Gasteiger partial charge is 0.338 e. The number of rotatable bonds is 5. The number of hydrogen-bond donors (Lipinski definition) is 1. The molecule has 1 saturated heterocycles. The second kappa shape index (κ2) is 8.53. The number of aromatic nitrogens is 2. The minimum Gasteiger partial charge on any atom is -0.338 e. The molecule has 1 amide bonds. The molecule has 0 radical (unpaired) electrons. The van der Waals surface area contributed by atoms with E-state index in [1.165, 1.54) is 12.1 Å². The van der Waals surface area contributed by atoms with Crippen molar-refractivity contribution in [3.8, 4) is 11.4 Å². The van der Waals surface area contributed by atoms with Crippen LogP contribution in [0.4, 0.5) is 10.1 Å². The molecule has 1 aliphatic heterocycles. The van der Waals surface area contributed by atoms with Crippen molar-refractivity contribution >= 4 is 11.6 Å². The molecule has 1 aliphatic rings. The molecule has 1 fully saturated rings. The molecule has 1 unspecified atom stereocenters. The molecule has 150 valence electrons. The molecule has 0 saturated carbocycles. The summed E-state index contributed by atoms with van der Waals surface area (Å²) in [5, 5.41) is 6.89. The lowest BCUT2D eigenvalue weighted by molar-refractivity contribution is -0.121. The minimum absolute atomic E-state index is 0.0914. The van der Waals surface area contributed by atoms with Gasteiger partial charge in [-0.3, -0.25) is 9.69 Å². The molecule has 3 aromatic rings. The number of amides is 1. The molecule has 6 nitrogen and oxygen atoms in total. The van der Waals surface area contributed by atoms with Gasteiger partial charge in [0.2, 0.25) is 17.6 Å². The fourth-order valence-electron chi connectivity index (χ4n) is 3.64. The van der Waals surface area contributed by atoms with Crippen molar-refractivity contribution in [2.45, 2.75) is 26.3 Å². The molecule has 1 atom stereocenters. The molecule has 2 aromatic carbocycles. The number of likely N-dealkylation sites (tertiary alicyclic amines) is 1. The van der Waals surface area contributed by atoms with Crippen LogP contribution >= 0.6 is 0 Å². The molecular weight excluding hydrogens is 371 g/mol. The molecule has 2 heterocycles. The highest BCUT2D eigenvalue weighted by Gasteiger charge is 2.27. The van der Waals surface area contributed by atoms with Gasteiger partial charge in [0.15, 0.2) is 0 Å². The van der Waals surface area contributed by atoms with E-state index in [1.807, 2.05) is 31.2 Å². The summed E-state index contributed by atoms with van der Waals surface area (Å²) in [6, 6.07) is 13.9. The zero-order valence-corrected chi connectivity index (χ0v) is 16.3. The molecule has 29 heavy (non-hydrogen) atoms. The van der Waals surface area contributed by atoms with Gasteiger partial charge in [0.25, 0.3) is 0 Å². The molecular formula is C22H23FN4O2. The van der Waals surface area contributed by atoms with Gasteiger partial charge in [-0.05, 0) is 50.6 Å². The summed E-state index contributed by atoms with van der Waals surface area (Å²) in [6.07, 6.45) is 1.70. The second-order valence-corrected chi connectivity index (χ2v) is 7.46. The summed E-state index contributed by atoms with van der Waals surface area (Å²) in [4.78, 5) is 19.2. The quantitative estimate of drug-likeness (QED) is 0.707. The highest BCUT2D eigenvalue weighted by atomic mass is 19.1. The monoisotopic (exact) mass is 394 g/mol. The Kier molecular flexibility index (Phi) is 5.67. The van der Waals surface area contributed by atoms with Crippen molar-refractivity contribution in [3.63, 3.8) is 0 Å². The SMILES string of the molecule is Cc1cccc(-c2noc(CN3CCCC(C(=O)Nc4cccc(F)c4)C3)n2)c1. The van der Waals surface area contributed by atoms with E-state index in [0.29, 0.717) is 30.5 Å². The van der Waals surface area contributed by atoms with E-state index in [-0.39, 0.29) is 17.6 Å². The van der Waals surface area contributed by atoms with Crippen LogP contribution in [-0.4, -0.2) is 34.0 Å². The van der Waals surface area contributed by atoms with Crippen LogP contribution < -0.4 is 5.32 Å². The van der Waals surface area contributed by atoms with E-state index < -0.39 is 0 Å². The van der Waals surface area contributed by atoms with Crippen LogP contribution in [0, 0.1) is 18.7 Å². The summed E-state index contributed by atoms with van der Waals surface area (Å²) in [5.41, 5.74) is 2.54. The third-order valence-electron chi connectivity index (χ3n) is 5.07. The van der Waals surface area contributed by atoms with E-state index in [2.05, 4.69) is 20.4 Å². The third kappa shape index (κ3) is 4.86. The first kappa shape index (κ1) is 19.3. The molecule has 1 N–H and O–H groups in total. The van der Waals surface area contributed by atoms with Crippen molar-refractivity contribution in [1.29, 1.82) is 0 Å². The van der Waals surface area contributed by atoms with Crippen molar-refractivity contribution in [2.24, 2.45) is 5.92 Å². The normalized spacial score (nSPS) is 17.2. The number of piperidine rings is 1. The van der Waals surface area contributed by atoms with Gasteiger partial charge in [0.05, 0.1) is 12.5 Å². The van der Waals surface area contributed by atoms with Gasteiger partial charge < -0.3 is 9.84 Å². The molecule has 0 aliphatic carbocycles. The van der Waals surface area contributed by atoms with Crippen LogP contribution in [0.2, 0.25) is 0 Å². The highest BCUT2D eigenvalue weighted by molar-refractivity contribution is 5.92. The fraction of sp³-hybridized carbons (Fsp3) is 0.318. The number of carbonyl (C=O) groups excluding carboxylic acids is 1. The molecule has 0 spiro atoms. The number of aryl methyl sites for hydroxylation is 1. The van der Waals surface area contributed by atoms with Crippen molar-refractivity contribution < 1.29 is 13.7 Å². The first-order chi connectivity index (χ1) is 14.1. The van der Waals surface area contributed by atoms with Crippen LogP contribution in [0.25, 0.3) is 11.4 Å². The van der Waals surface area contributed by atoms with Crippen LogP contribution in [-0.2, 0) is 11.3 Å². The number of benzene rings is 2. The zero-order chi connectivity index (χ0) is 20.2. The zero-order valence-electron chi connectivity index (χ0n) is 16.3. The Balaban J connectivity index is 1.37. The van der Waals surface area contributed by atoms with E-state index in [0.717, 1.165) is 30.5 Å². The van der Waals surface area contributed by atoms with Gasteiger partial charge in [0, 0.05) is 17.8 Å². The Morgan fingerprint density at radius 1 is 1.28 bits per heavy atom. The summed E-state index contributed by atoms with van der Waals surface area (Å²) in [7, 11) is 0. The lowest BCUT2D eigenvalue weighted by Crippen LogP contribution is -2.40. The van der Waals surface area contributed by atoms with Gasteiger partial charge in [-0.25, -0.2) is 4.39 Å². The van der Waals surface area contributed by atoms with E-state index >= 15 is 0 Å². The predicted octanol–water partition coefficient (Wildman–Crippen LogP) is 4.03. The van der Waals surface area contributed by atoms with Crippen LogP contribution in [0.1, 0.15) is 24.3 Å². The second-order valence-electron chi connectivity index (χ2n) is 7.46. The number of hydrogen-bond acceptors (Lipinski definition) is 5. The summed E-state index contributed by atoms with van der Waals surface area (Å²) >= 11 is 0. The number of nitrogens with one attached hydrogen (secondary N) is 1. The average Bonchev–Trinajstić information content (AvgIpc) is 3.17. The van der Waals surface area contributed by atoms with Crippen molar-refractivity contribution in [2.75, 3.05) is 18.4 Å². The number of carbonyl (C=O) groups is 1. The standard InChI is InChI=1S/C22H23FN4O2/c1-15-5-2-6-16(11-15)21-25-20(29-26-21)14-27-10-4-7-17(13-27)22(28)24-19-9-3-8-18(23)12-19/h2-3,5-6,8-9,11-12,17H,4,7,10,13-14H2,1H3,(H,24,28). The topological polar surface area (TPSA) is 71.3 Å². The summed E-state index contributed by atoms with van der Waals surface area (Å²) in [5.74, 6) is 0.486. The van der Waals surface area contributed by atoms with Crippen molar-refractivity contribution in [1.82, 2.24) is 15.0 Å². The Morgan fingerprint density at radius 2 is 2.14 bits per heavy atom. The first-order valence-corrected chi connectivity index (χ1v) is 9.75. The molecule has 4 rings (SSSR count). The smallest absolute Gasteiger partial charge is 0.241 e. The number of halogens is 1. The molecule has 1 aromatic heterocycles. The van der Waals surface area contributed by atoms with Gasteiger partial charge in [0.1, 0.15) is 5.82 Å². The Morgan fingerprint density at radius 3 is 2.97 bits per heavy atom. The van der Waals surface area contributed by atoms with Crippen LogP contribution in [0.15, 0.2) is 53.1 Å². The number of anilines is 1. The molecule has 7 heteroatoms. The van der Waals surface area contributed by atoms with E-state index in [9.17, 15) is 9.18 Å². The Labute approximate surface area is 168 Å². The van der Waals surface area contributed by atoms with Gasteiger partial charge >= 0.3 is 0 Å². The first-order valence-electron chi connectivity index (χ1n) is 9.75. The lowest BCUT2D eigenvalue weighted by atomic mass is 9.97. The van der Waals surface area contributed by atoms with Crippen LogP contribution in [0.3, 0.4) is 0 Å². The maximum atomic E-state index is 13.3. The van der Waals surface area contributed by atoms with Crippen molar-refractivity contribution in [3.05, 3.63) is 65.8 Å². The molecule has 0 bridgehead atoms. The third-order valence-corrected chi connectivity index (χ3v) is 5.07. The van der Waals surface area contributed by atoms with E-state index in [1.54, 1.807) is 12.1 Å².